The fourth-order valence-corrected chi connectivity index (χ4v) is 2.39. The lowest BCUT2D eigenvalue weighted by atomic mass is 10.0. The van der Waals surface area contributed by atoms with Crippen LogP contribution in [-0.2, 0) is 11.3 Å². The van der Waals surface area contributed by atoms with Crippen molar-refractivity contribution >= 4 is 6.09 Å². The third-order valence-corrected chi connectivity index (χ3v) is 3.47. The molecule has 3 rings (SSSR count). The molecule has 1 N–H and O–H groups in total. The van der Waals surface area contributed by atoms with Gasteiger partial charge in [0.05, 0.1) is 6.04 Å². The summed E-state index contributed by atoms with van der Waals surface area (Å²) < 4.78 is 11.1. The van der Waals surface area contributed by atoms with Gasteiger partial charge in [-0.05, 0) is 30.2 Å². The Morgan fingerprint density at radius 3 is 2.67 bits per heavy atom. The first kappa shape index (κ1) is 13.5. The van der Waals surface area contributed by atoms with Gasteiger partial charge in [-0.1, -0.05) is 42.5 Å². The molecule has 0 aliphatic carbocycles. The number of cyclic esters (lactones) is 1. The van der Waals surface area contributed by atoms with Crippen molar-refractivity contribution < 1.29 is 14.3 Å². The van der Waals surface area contributed by atoms with Crippen LogP contribution < -0.4 is 10.1 Å². The van der Waals surface area contributed by atoms with Crippen molar-refractivity contribution in [3.05, 3.63) is 65.7 Å². The highest BCUT2D eigenvalue weighted by Crippen LogP contribution is 2.28. The minimum atomic E-state index is -0.372. The number of alkyl carbamates (subject to hydrolysis) is 1. The van der Waals surface area contributed by atoms with E-state index in [1.54, 1.807) is 0 Å². The number of hydrogen-bond donors (Lipinski definition) is 1. The molecule has 1 amide bonds. The zero-order valence-electron chi connectivity index (χ0n) is 11.8. The smallest absolute Gasteiger partial charge is 0.408 e. The molecule has 0 saturated carbocycles. The minimum Gasteiger partial charge on any atom is -0.489 e. The Bertz CT molecular complexity index is 627. The standard InChI is InChI=1S/C17H17NO3/c1-12-16(21-17(19)18-12)14-8-5-9-15(10-14)20-11-13-6-3-2-4-7-13/h2-10,12,16H,11H2,1H3,(H,18,19)/t12-,16+/m1/s1. The summed E-state index contributed by atoms with van der Waals surface area (Å²) in [6, 6.07) is 17.6. The largest absolute Gasteiger partial charge is 0.489 e. The Labute approximate surface area is 123 Å². The van der Waals surface area contributed by atoms with Crippen LogP contribution in [0.15, 0.2) is 54.6 Å². The SMILES string of the molecule is C[C@H]1NC(=O)O[C@@H]1c1cccc(OCc2ccccc2)c1. The van der Waals surface area contributed by atoms with Gasteiger partial charge in [0.15, 0.2) is 0 Å². The predicted octanol–water partition coefficient (Wildman–Crippen LogP) is 3.44. The number of amides is 1. The predicted molar refractivity (Wildman–Crippen MR) is 79.0 cm³/mol. The molecule has 0 unspecified atom stereocenters. The highest BCUT2D eigenvalue weighted by atomic mass is 16.6. The lowest BCUT2D eigenvalue weighted by molar-refractivity contribution is 0.133. The Morgan fingerprint density at radius 1 is 1.14 bits per heavy atom. The summed E-state index contributed by atoms with van der Waals surface area (Å²) in [4.78, 5) is 11.3. The summed E-state index contributed by atoms with van der Waals surface area (Å²) in [7, 11) is 0. The van der Waals surface area contributed by atoms with Crippen molar-refractivity contribution in [1.82, 2.24) is 5.32 Å². The minimum absolute atomic E-state index is 0.0399. The third-order valence-electron chi connectivity index (χ3n) is 3.47. The van der Waals surface area contributed by atoms with E-state index in [2.05, 4.69) is 5.32 Å². The van der Waals surface area contributed by atoms with Crippen LogP contribution in [0.4, 0.5) is 4.79 Å². The van der Waals surface area contributed by atoms with E-state index in [4.69, 9.17) is 9.47 Å². The molecule has 0 aromatic heterocycles. The number of carbonyl (C=O) groups excluding carboxylic acids is 1. The van der Waals surface area contributed by atoms with E-state index in [0.29, 0.717) is 6.61 Å². The van der Waals surface area contributed by atoms with Crippen molar-refractivity contribution in [2.24, 2.45) is 0 Å². The molecule has 1 aliphatic heterocycles. The number of benzene rings is 2. The van der Waals surface area contributed by atoms with Gasteiger partial charge in [-0.25, -0.2) is 4.79 Å². The van der Waals surface area contributed by atoms with Gasteiger partial charge in [0, 0.05) is 0 Å². The van der Waals surface area contributed by atoms with Crippen LogP contribution in [-0.4, -0.2) is 12.1 Å². The Kier molecular flexibility index (Phi) is 3.77. The van der Waals surface area contributed by atoms with Gasteiger partial charge in [-0.2, -0.15) is 0 Å². The Balaban J connectivity index is 1.70. The second-order valence-corrected chi connectivity index (χ2v) is 5.11. The van der Waals surface area contributed by atoms with E-state index in [1.165, 1.54) is 0 Å². The van der Waals surface area contributed by atoms with Crippen molar-refractivity contribution in [1.29, 1.82) is 0 Å². The topological polar surface area (TPSA) is 47.6 Å². The molecule has 0 spiro atoms. The zero-order valence-corrected chi connectivity index (χ0v) is 11.8. The van der Waals surface area contributed by atoms with Crippen molar-refractivity contribution in [2.45, 2.75) is 25.7 Å². The average Bonchev–Trinajstić information content (AvgIpc) is 2.85. The molecule has 2 aromatic rings. The maximum atomic E-state index is 11.3. The zero-order chi connectivity index (χ0) is 14.7. The Hall–Kier alpha value is -2.49. The molecule has 4 nitrogen and oxygen atoms in total. The molecule has 2 aromatic carbocycles. The van der Waals surface area contributed by atoms with E-state index in [1.807, 2.05) is 61.5 Å². The van der Waals surface area contributed by atoms with E-state index >= 15 is 0 Å². The monoisotopic (exact) mass is 283 g/mol. The number of ether oxygens (including phenoxy) is 2. The summed E-state index contributed by atoms with van der Waals surface area (Å²) in [5, 5.41) is 2.74. The van der Waals surface area contributed by atoms with Crippen molar-refractivity contribution in [2.75, 3.05) is 0 Å². The van der Waals surface area contributed by atoms with Crippen LogP contribution in [0.2, 0.25) is 0 Å². The maximum absolute atomic E-state index is 11.3. The molecule has 1 aliphatic rings. The molecular weight excluding hydrogens is 266 g/mol. The summed E-state index contributed by atoms with van der Waals surface area (Å²) >= 11 is 0. The highest BCUT2D eigenvalue weighted by Gasteiger charge is 2.31. The lowest BCUT2D eigenvalue weighted by Crippen LogP contribution is -2.23. The van der Waals surface area contributed by atoms with Crippen LogP contribution in [0.3, 0.4) is 0 Å². The molecule has 108 valence electrons. The molecule has 4 heteroatoms. The summed E-state index contributed by atoms with van der Waals surface area (Å²) in [6.07, 6.45) is -0.638. The first-order valence-electron chi connectivity index (χ1n) is 6.96. The Morgan fingerprint density at radius 2 is 1.95 bits per heavy atom. The van der Waals surface area contributed by atoms with Crippen LogP contribution in [0.1, 0.15) is 24.2 Å². The van der Waals surface area contributed by atoms with E-state index in [-0.39, 0.29) is 18.2 Å². The number of nitrogens with one attached hydrogen (secondary N) is 1. The molecule has 2 atom stereocenters. The molecule has 1 heterocycles. The highest BCUT2D eigenvalue weighted by molar-refractivity contribution is 5.70. The normalized spacial score (nSPS) is 20.7. The fourth-order valence-electron chi connectivity index (χ4n) is 2.39. The van der Waals surface area contributed by atoms with Gasteiger partial charge < -0.3 is 14.8 Å². The third kappa shape index (κ3) is 3.16. The van der Waals surface area contributed by atoms with Crippen LogP contribution in [0.25, 0.3) is 0 Å². The number of hydrogen-bond acceptors (Lipinski definition) is 3. The van der Waals surface area contributed by atoms with Crippen molar-refractivity contribution in [3.8, 4) is 5.75 Å². The summed E-state index contributed by atoms with van der Waals surface area (Å²) in [6.45, 7) is 2.44. The average molecular weight is 283 g/mol. The van der Waals surface area contributed by atoms with E-state index in [9.17, 15) is 4.79 Å². The molecule has 21 heavy (non-hydrogen) atoms. The molecule has 1 saturated heterocycles. The van der Waals surface area contributed by atoms with Gasteiger partial charge in [-0.15, -0.1) is 0 Å². The van der Waals surface area contributed by atoms with Crippen molar-refractivity contribution in [3.63, 3.8) is 0 Å². The molecular formula is C17H17NO3. The summed E-state index contributed by atoms with van der Waals surface area (Å²) in [5.74, 6) is 0.770. The molecule has 0 bridgehead atoms. The molecule has 0 radical (unpaired) electrons. The second kappa shape index (κ2) is 5.87. The van der Waals surface area contributed by atoms with Crippen LogP contribution in [0, 0.1) is 0 Å². The first-order valence-corrected chi connectivity index (χ1v) is 6.96. The van der Waals surface area contributed by atoms with Gasteiger partial charge in [0.25, 0.3) is 0 Å². The fraction of sp³-hybridized carbons (Fsp3) is 0.235. The van der Waals surface area contributed by atoms with E-state index in [0.717, 1.165) is 16.9 Å². The van der Waals surface area contributed by atoms with Gasteiger partial charge >= 0.3 is 6.09 Å². The van der Waals surface area contributed by atoms with Gasteiger partial charge in [0.1, 0.15) is 18.5 Å². The second-order valence-electron chi connectivity index (χ2n) is 5.11. The van der Waals surface area contributed by atoms with Gasteiger partial charge in [-0.3, -0.25) is 0 Å². The van der Waals surface area contributed by atoms with Crippen LogP contribution in [0.5, 0.6) is 5.75 Å². The lowest BCUT2D eigenvalue weighted by Gasteiger charge is -2.14. The maximum Gasteiger partial charge on any atom is 0.408 e. The first-order chi connectivity index (χ1) is 10.2. The summed E-state index contributed by atoms with van der Waals surface area (Å²) in [5.41, 5.74) is 2.05. The van der Waals surface area contributed by atoms with Gasteiger partial charge in [0.2, 0.25) is 0 Å². The quantitative estimate of drug-likeness (QED) is 0.935. The number of rotatable bonds is 4. The molecule has 1 fully saturated rings. The number of carbonyl (C=O) groups is 1. The van der Waals surface area contributed by atoms with Crippen LogP contribution >= 0.6 is 0 Å². The van der Waals surface area contributed by atoms with E-state index < -0.39 is 0 Å².